The number of ether oxygens (including phenoxy) is 3. The van der Waals surface area contributed by atoms with Crippen LogP contribution in [0.5, 0.6) is 17.2 Å². The number of carbonyl (C=O) groups excluding carboxylic acids is 1. The number of allylic oxidation sites excluding steroid dienone is 1. The Bertz CT molecular complexity index is 1150. The van der Waals surface area contributed by atoms with E-state index in [1.54, 1.807) is 49.6 Å². The number of carbonyl (C=O) groups is 1. The van der Waals surface area contributed by atoms with E-state index in [-0.39, 0.29) is 18.1 Å². The van der Waals surface area contributed by atoms with Gasteiger partial charge in [0, 0.05) is 31.7 Å². The molecule has 152 valence electrons. The second-order valence-electron chi connectivity index (χ2n) is 6.47. The summed E-state index contributed by atoms with van der Waals surface area (Å²) in [5.74, 6) is 1.63. The smallest absolute Gasteiger partial charge is 0.231 e. The van der Waals surface area contributed by atoms with Crippen LogP contribution in [0.2, 0.25) is 10.0 Å². The molecular formula is C23H15BrCl2O4. The fourth-order valence-electron chi connectivity index (χ4n) is 3.04. The van der Waals surface area contributed by atoms with Crippen LogP contribution in [0, 0.1) is 0 Å². The lowest BCUT2D eigenvalue weighted by Gasteiger charge is -2.10. The molecule has 0 saturated heterocycles. The summed E-state index contributed by atoms with van der Waals surface area (Å²) >= 11 is 15.8. The number of halogens is 3. The molecule has 0 fully saturated rings. The highest BCUT2D eigenvalue weighted by molar-refractivity contribution is 9.10. The summed E-state index contributed by atoms with van der Waals surface area (Å²) in [6.07, 6.45) is 1.66. The molecule has 3 aromatic carbocycles. The SMILES string of the molecule is COc1ccc(Br)cc1/C=C1\Oc2cc(OCc3c(Cl)cccc3Cl)ccc2C1=O. The van der Waals surface area contributed by atoms with Crippen LogP contribution in [0.25, 0.3) is 6.08 Å². The summed E-state index contributed by atoms with van der Waals surface area (Å²) in [7, 11) is 1.58. The summed E-state index contributed by atoms with van der Waals surface area (Å²) < 4.78 is 17.9. The maximum absolute atomic E-state index is 12.7. The number of rotatable bonds is 5. The molecule has 0 aliphatic carbocycles. The summed E-state index contributed by atoms with van der Waals surface area (Å²) in [6, 6.07) is 15.9. The third-order valence-corrected chi connectivity index (χ3v) is 5.77. The van der Waals surface area contributed by atoms with Gasteiger partial charge < -0.3 is 14.2 Å². The number of benzene rings is 3. The summed E-state index contributed by atoms with van der Waals surface area (Å²) in [5, 5.41) is 1.06. The maximum atomic E-state index is 12.7. The van der Waals surface area contributed by atoms with Crippen LogP contribution in [-0.4, -0.2) is 12.9 Å². The van der Waals surface area contributed by atoms with Crippen molar-refractivity contribution in [1.29, 1.82) is 0 Å². The van der Waals surface area contributed by atoms with Crippen molar-refractivity contribution >= 4 is 51.0 Å². The molecule has 0 N–H and O–H groups in total. The third-order valence-electron chi connectivity index (χ3n) is 4.56. The van der Waals surface area contributed by atoms with Gasteiger partial charge in [0.2, 0.25) is 5.78 Å². The highest BCUT2D eigenvalue weighted by Crippen LogP contribution is 2.36. The van der Waals surface area contributed by atoms with Crippen molar-refractivity contribution < 1.29 is 19.0 Å². The van der Waals surface area contributed by atoms with Crippen molar-refractivity contribution in [3.63, 3.8) is 0 Å². The van der Waals surface area contributed by atoms with Crippen LogP contribution < -0.4 is 14.2 Å². The van der Waals surface area contributed by atoms with Gasteiger partial charge in [-0.1, -0.05) is 45.2 Å². The van der Waals surface area contributed by atoms with Crippen LogP contribution in [0.3, 0.4) is 0 Å². The fourth-order valence-corrected chi connectivity index (χ4v) is 3.93. The first-order chi connectivity index (χ1) is 14.5. The average Bonchev–Trinajstić information content (AvgIpc) is 3.02. The molecular weight excluding hydrogens is 491 g/mol. The molecule has 0 bridgehead atoms. The van der Waals surface area contributed by atoms with Crippen molar-refractivity contribution in [2.45, 2.75) is 6.61 Å². The monoisotopic (exact) mass is 504 g/mol. The normalized spacial score (nSPS) is 13.9. The summed E-state index contributed by atoms with van der Waals surface area (Å²) in [4.78, 5) is 12.7. The van der Waals surface area contributed by atoms with Gasteiger partial charge >= 0.3 is 0 Å². The minimum Gasteiger partial charge on any atom is -0.496 e. The zero-order valence-corrected chi connectivity index (χ0v) is 18.8. The molecule has 0 amide bonds. The maximum Gasteiger partial charge on any atom is 0.231 e. The van der Waals surface area contributed by atoms with Crippen LogP contribution in [0.1, 0.15) is 21.5 Å². The lowest BCUT2D eigenvalue weighted by Crippen LogP contribution is -1.99. The van der Waals surface area contributed by atoms with E-state index >= 15 is 0 Å². The van der Waals surface area contributed by atoms with Crippen molar-refractivity contribution in [2.24, 2.45) is 0 Å². The first kappa shape index (κ1) is 20.8. The molecule has 0 unspecified atom stereocenters. The molecule has 1 aliphatic rings. The lowest BCUT2D eigenvalue weighted by molar-refractivity contribution is 0.101. The van der Waals surface area contributed by atoms with E-state index in [1.807, 2.05) is 18.2 Å². The minimum atomic E-state index is -0.201. The fraction of sp³-hybridized carbons (Fsp3) is 0.0870. The molecule has 4 nitrogen and oxygen atoms in total. The third kappa shape index (κ3) is 4.19. The first-order valence-electron chi connectivity index (χ1n) is 8.94. The molecule has 1 aliphatic heterocycles. The molecule has 4 rings (SSSR count). The van der Waals surface area contributed by atoms with E-state index in [2.05, 4.69) is 15.9 Å². The Kier molecular flexibility index (Phi) is 6.04. The molecule has 0 saturated carbocycles. The number of methoxy groups -OCH3 is 1. The standard InChI is InChI=1S/C23H15BrCl2O4/c1-28-20-8-5-14(24)9-13(20)10-22-23(27)16-7-6-15(11-21(16)30-22)29-12-17-18(25)3-2-4-19(17)26/h2-11H,12H2,1H3/b22-10-. The Hall–Kier alpha value is -2.47. The van der Waals surface area contributed by atoms with Gasteiger partial charge in [-0.25, -0.2) is 0 Å². The average molecular weight is 506 g/mol. The van der Waals surface area contributed by atoms with Gasteiger partial charge in [0.05, 0.1) is 12.7 Å². The predicted octanol–water partition coefficient (Wildman–Crippen LogP) is 6.96. The van der Waals surface area contributed by atoms with Gasteiger partial charge in [0.25, 0.3) is 0 Å². The number of fused-ring (bicyclic) bond motifs is 1. The van der Waals surface area contributed by atoms with Crippen molar-refractivity contribution in [1.82, 2.24) is 0 Å². The largest absolute Gasteiger partial charge is 0.496 e. The second-order valence-corrected chi connectivity index (χ2v) is 8.20. The quantitative estimate of drug-likeness (QED) is 0.351. The topological polar surface area (TPSA) is 44.8 Å². The van der Waals surface area contributed by atoms with Crippen LogP contribution in [-0.2, 0) is 6.61 Å². The Morgan fingerprint density at radius 3 is 2.57 bits per heavy atom. The first-order valence-corrected chi connectivity index (χ1v) is 10.5. The Labute approximate surface area is 192 Å². The van der Waals surface area contributed by atoms with E-state index in [4.69, 9.17) is 37.4 Å². The van der Waals surface area contributed by atoms with Crippen LogP contribution in [0.4, 0.5) is 0 Å². The second kappa shape index (κ2) is 8.72. The van der Waals surface area contributed by atoms with Crippen LogP contribution in [0.15, 0.2) is 64.8 Å². The van der Waals surface area contributed by atoms with Crippen LogP contribution >= 0.6 is 39.1 Å². The van der Waals surface area contributed by atoms with Gasteiger partial charge in [-0.05, 0) is 48.5 Å². The Balaban J connectivity index is 1.56. The predicted molar refractivity (Wildman–Crippen MR) is 121 cm³/mol. The van der Waals surface area contributed by atoms with E-state index in [0.717, 1.165) is 10.0 Å². The van der Waals surface area contributed by atoms with E-state index in [1.165, 1.54) is 0 Å². The van der Waals surface area contributed by atoms with Gasteiger partial charge in [0.1, 0.15) is 23.9 Å². The molecule has 0 atom stereocenters. The van der Waals surface area contributed by atoms with Crippen molar-refractivity contribution in [3.8, 4) is 17.2 Å². The van der Waals surface area contributed by atoms with Gasteiger partial charge in [-0.3, -0.25) is 4.79 Å². The number of Topliss-reactive ketones (excluding diaryl/α,β-unsaturated/α-hetero) is 1. The summed E-state index contributed by atoms with van der Waals surface area (Å²) in [5.41, 5.74) is 1.90. The highest BCUT2D eigenvalue weighted by Gasteiger charge is 2.28. The molecule has 0 radical (unpaired) electrons. The molecule has 7 heteroatoms. The Morgan fingerprint density at radius 2 is 1.83 bits per heavy atom. The number of hydrogen-bond acceptors (Lipinski definition) is 4. The van der Waals surface area contributed by atoms with Gasteiger partial charge in [-0.2, -0.15) is 0 Å². The van der Waals surface area contributed by atoms with E-state index in [9.17, 15) is 4.79 Å². The van der Waals surface area contributed by atoms with Crippen molar-refractivity contribution in [3.05, 3.63) is 91.6 Å². The highest BCUT2D eigenvalue weighted by atomic mass is 79.9. The summed E-state index contributed by atoms with van der Waals surface area (Å²) in [6.45, 7) is 0.198. The Morgan fingerprint density at radius 1 is 1.07 bits per heavy atom. The van der Waals surface area contributed by atoms with Crippen molar-refractivity contribution in [2.75, 3.05) is 7.11 Å². The lowest BCUT2D eigenvalue weighted by atomic mass is 10.1. The zero-order valence-electron chi connectivity index (χ0n) is 15.7. The molecule has 0 aromatic heterocycles. The zero-order chi connectivity index (χ0) is 21.3. The molecule has 30 heavy (non-hydrogen) atoms. The van der Waals surface area contributed by atoms with E-state index < -0.39 is 0 Å². The number of hydrogen-bond donors (Lipinski definition) is 0. The molecule has 1 heterocycles. The van der Waals surface area contributed by atoms with E-state index in [0.29, 0.717) is 38.4 Å². The number of ketones is 1. The van der Waals surface area contributed by atoms with Gasteiger partial charge in [0.15, 0.2) is 5.76 Å². The molecule has 3 aromatic rings. The van der Waals surface area contributed by atoms with Gasteiger partial charge in [-0.15, -0.1) is 0 Å². The molecule has 0 spiro atoms. The minimum absolute atomic E-state index is 0.198.